The number of carbonyl (C=O) groups is 1. The molecule has 0 saturated heterocycles. The highest BCUT2D eigenvalue weighted by Gasteiger charge is 2.18. The van der Waals surface area contributed by atoms with E-state index in [0.29, 0.717) is 35.4 Å². The maximum atomic E-state index is 13.2. The molecule has 0 aliphatic heterocycles. The van der Waals surface area contributed by atoms with Gasteiger partial charge in [0.1, 0.15) is 11.6 Å². The van der Waals surface area contributed by atoms with Crippen molar-refractivity contribution in [2.24, 2.45) is 0 Å². The summed E-state index contributed by atoms with van der Waals surface area (Å²) in [5.74, 6) is 0.246. The topological polar surface area (TPSA) is 71.0 Å². The monoisotopic (exact) mass is 432 g/mol. The van der Waals surface area contributed by atoms with Gasteiger partial charge in [0.25, 0.3) is 5.56 Å². The normalized spacial score (nSPS) is 11.4. The lowest BCUT2D eigenvalue weighted by Crippen LogP contribution is -2.28. The van der Waals surface area contributed by atoms with E-state index in [4.69, 9.17) is 0 Å². The number of benzene rings is 2. The lowest BCUT2D eigenvalue weighted by atomic mass is 10.1. The molecule has 4 rings (SSSR count). The van der Waals surface area contributed by atoms with E-state index in [2.05, 4.69) is 14.5 Å². The van der Waals surface area contributed by atoms with Crippen molar-refractivity contribution >= 4 is 16.7 Å². The number of nitrogens with zero attached hydrogens (tertiary/aromatic N) is 3. The molecule has 0 radical (unpaired) electrons. The first kappa shape index (κ1) is 21.6. The first-order valence-electron chi connectivity index (χ1n) is 10.4. The molecule has 2 aromatic carbocycles. The second-order valence-electron chi connectivity index (χ2n) is 8.12. The third-order valence-electron chi connectivity index (χ3n) is 5.62. The minimum Gasteiger partial charge on any atom is -0.344 e. The van der Waals surface area contributed by atoms with Gasteiger partial charge < -0.3 is 9.55 Å². The van der Waals surface area contributed by atoms with Crippen LogP contribution in [0.3, 0.4) is 0 Å². The fraction of sp³-hybridized carbons (Fsp3) is 0.240. The first-order chi connectivity index (χ1) is 15.3. The Bertz CT molecular complexity index is 1340. The van der Waals surface area contributed by atoms with Gasteiger partial charge in [0.05, 0.1) is 24.0 Å². The summed E-state index contributed by atoms with van der Waals surface area (Å²) in [6.45, 7) is 4.99. The van der Waals surface area contributed by atoms with E-state index in [1.165, 1.54) is 12.1 Å². The van der Waals surface area contributed by atoms with Crippen LogP contribution in [-0.2, 0) is 13.1 Å². The molecular weight excluding hydrogens is 407 g/mol. The highest BCUT2D eigenvalue weighted by molar-refractivity contribution is 5.99. The predicted molar refractivity (Wildman–Crippen MR) is 122 cm³/mol. The maximum Gasteiger partial charge on any atom is 0.258 e. The highest BCUT2D eigenvalue weighted by Crippen LogP contribution is 2.18. The summed E-state index contributed by atoms with van der Waals surface area (Å²) in [6, 6.07) is 15.5. The number of hydrogen-bond donors (Lipinski definition) is 1. The summed E-state index contributed by atoms with van der Waals surface area (Å²) in [5.41, 5.74) is 3.93. The summed E-state index contributed by atoms with van der Waals surface area (Å²) >= 11 is 0. The number of aromatic nitrogens is 3. The number of Topliss-reactive ketones (excluding diaryl/α,β-unsaturated/α-hetero) is 1. The van der Waals surface area contributed by atoms with Crippen LogP contribution in [0.25, 0.3) is 10.9 Å². The van der Waals surface area contributed by atoms with Gasteiger partial charge >= 0.3 is 0 Å². The SMILES string of the molecule is Cc1cc(C(=O)CN(C)Cc2nc3ccccc3c(=O)[nH]2)c(C)n1Cc1ccc(F)cc1. The van der Waals surface area contributed by atoms with E-state index in [9.17, 15) is 14.0 Å². The quantitative estimate of drug-likeness (QED) is 0.451. The van der Waals surface area contributed by atoms with E-state index in [0.717, 1.165) is 17.0 Å². The van der Waals surface area contributed by atoms with Gasteiger partial charge in [-0.2, -0.15) is 0 Å². The number of aryl methyl sites for hydroxylation is 1. The van der Waals surface area contributed by atoms with E-state index < -0.39 is 0 Å². The number of para-hydroxylation sites is 1. The Balaban J connectivity index is 1.48. The van der Waals surface area contributed by atoms with E-state index in [-0.39, 0.29) is 23.7 Å². The van der Waals surface area contributed by atoms with Gasteiger partial charge in [-0.05, 0) is 56.8 Å². The Labute approximate surface area is 185 Å². The zero-order chi connectivity index (χ0) is 22.8. The van der Waals surface area contributed by atoms with Crippen molar-refractivity contribution in [1.29, 1.82) is 0 Å². The van der Waals surface area contributed by atoms with Gasteiger partial charge in [-0.15, -0.1) is 0 Å². The molecule has 0 aliphatic carbocycles. The molecule has 0 fully saturated rings. The predicted octanol–water partition coefficient (Wildman–Crippen LogP) is 3.84. The summed E-state index contributed by atoms with van der Waals surface area (Å²) < 4.78 is 15.2. The minimum atomic E-state index is -0.268. The average Bonchev–Trinajstić information content (AvgIpc) is 3.03. The number of carbonyl (C=O) groups excluding carboxylic acids is 1. The van der Waals surface area contributed by atoms with Gasteiger partial charge in [0.2, 0.25) is 0 Å². The Morgan fingerprint density at radius 3 is 2.59 bits per heavy atom. The lowest BCUT2D eigenvalue weighted by molar-refractivity contribution is 0.0941. The van der Waals surface area contributed by atoms with Gasteiger partial charge in [0.15, 0.2) is 5.78 Å². The van der Waals surface area contributed by atoms with Crippen molar-refractivity contribution in [3.05, 3.63) is 99.1 Å². The number of halogens is 1. The number of rotatable bonds is 7. The number of nitrogens with one attached hydrogen (secondary N) is 1. The Morgan fingerprint density at radius 1 is 1.12 bits per heavy atom. The molecule has 0 aliphatic rings. The lowest BCUT2D eigenvalue weighted by Gasteiger charge is -2.15. The van der Waals surface area contributed by atoms with Crippen LogP contribution in [0.5, 0.6) is 0 Å². The Hall–Kier alpha value is -3.58. The van der Waals surface area contributed by atoms with E-state index in [1.54, 1.807) is 30.3 Å². The number of H-pyrrole nitrogens is 1. The molecule has 1 N–H and O–H groups in total. The van der Waals surface area contributed by atoms with E-state index >= 15 is 0 Å². The van der Waals surface area contributed by atoms with Crippen molar-refractivity contribution in [2.75, 3.05) is 13.6 Å². The molecule has 164 valence electrons. The molecule has 7 heteroatoms. The van der Waals surface area contributed by atoms with Gasteiger partial charge in [-0.3, -0.25) is 14.5 Å². The second kappa shape index (κ2) is 8.88. The molecule has 32 heavy (non-hydrogen) atoms. The molecule has 4 aromatic rings. The number of aromatic amines is 1. The first-order valence-corrected chi connectivity index (χ1v) is 10.4. The van der Waals surface area contributed by atoms with Crippen LogP contribution >= 0.6 is 0 Å². The number of ketones is 1. The fourth-order valence-corrected chi connectivity index (χ4v) is 3.95. The molecule has 0 amide bonds. The molecule has 0 unspecified atom stereocenters. The molecular formula is C25H25FN4O2. The molecule has 2 heterocycles. The molecule has 0 spiro atoms. The summed E-state index contributed by atoms with van der Waals surface area (Å²) in [7, 11) is 1.82. The minimum absolute atomic E-state index is 0.00547. The van der Waals surface area contributed by atoms with Crippen LogP contribution in [0.15, 0.2) is 59.4 Å². The van der Waals surface area contributed by atoms with Crippen LogP contribution in [0, 0.1) is 19.7 Å². The van der Waals surface area contributed by atoms with Gasteiger partial charge in [-0.25, -0.2) is 9.37 Å². The molecule has 6 nitrogen and oxygen atoms in total. The third kappa shape index (κ3) is 4.53. The van der Waals surface area contributed by atoms with Crippen LogP contribution < -0.4 is 5.56 Å². The largest absolute Gasteiger partial charge is 0.344 e. The van der Waals surface area contributed by atoms with Crippen molar-refractivity contribution in [2.45, 2.75) is 26.9 Å². The van der Waals surface area contributed by atoms with Crippen LogP contribution in [-0.4, -0.2) is 38.8 Å². The number of hydrogen-bond acceptors (Lipinski definition) is 4. The Kier molecular flexibility index (Phi) is 6.01. The summed E-state index contributed by atoms with van der Waals surface area (Å²) in [5, 5.41) is 0.545. The average molecular weight is 432 g/mol. The second-order valence-corrected chi connectivity index (χ2v) is 8.12. The van der Waals surface area contributed by atoms with Gasteiger partial charge in [-0.1, -0.05) is 24.3 Å². The number of likely N-dealkylation sites (N-methyl/N-ethyl adjacent to an activating group) is 1. The standard InChI is InChI=1S/C25H25FN4O2/c1-16-12-21(17(2)30(16)13-18-8-10-19(26)11-9-18)23(31)14-29(3)15-24-27-22-7-5-4-6-20(22)25(32)28-24/h4-12H,13-15H2,1-3H3,(H,27,28,32). The molecule has 0 bridgehead atoms. The zero-order valence-corrected chi connectivity index (χ0v) is 18.4. The van der Waals surface area contributed by atoms with Crippen molar-refractivity contribution in [3.63, 3.8) is 0 Å². The zero-order valence-electron chi connectivity index (χ0n) is 18.4. The smallest absolute Gasteiger partial charge is 0.258 e. The van der Waals surface area contributed by atoms with Crippen molar-refractivity contribution in [1.82, 2.24) is 19.4 Å². The van der Waals surface area contributed by atoms with Crippen molar-refractivity contribution < 1.29 is 9.18 Å². The van der Waals surface area contributed by atoms with Crippen molar-refractivity contribution in [3.8, 4) is 0 Å². The van der Waals surface area contributed by atoms with Crippen LogP contribution in [0.2, 0.25) is 0 Å². The fourth-order valence-electron chi connectivity index (χ4n) is 3.95. The number of fused-ring (bicyclic) bond motifs is 1. The van der Waals surface area contributed by atoms with Gasteiger partial charge in [0, 0.05) is 23.5 Å². The summed E-state index contributed by atoms with van der Waals surface area (Å²) in [6.07, 6.45) is 0. The highest BCUT2D eigenvalue weighted by atomic mass is 19.1. The third-order valence-corrected chi connectivity index (χ3v) is 5.62. The molecule has 0 atom stereocenters. The maximum absolute atomic E-state index is 13.2. The van der Waals surface area contributed by atoms with Crippen LogP contribution in [0.1, 0.15) is 33.1 Å². The molecule has 2 aromatic heterocycles. The Morgan fingerprint density at radius 2 is 1.84 bits per heavy atom. The van der Waals surface area contributed by atoms with E-state index in [1.807, 2.05) is 37.9 Å². The van der Waals surface area contributed by atoms with Crippen LogP contribution in [0.4, 0.5) is 4.39 Å². The molecule has 0 saturated carbocycles. The summed E-state index contributed by atoms with van der Waals surface area (Å²) in [4.78, 5) is 34.4.